The minimum Gasteiger partial charge on any atom is -0.434 e. The van der Waals surface area contributed by atoms with Gasteiger partial charge in [-0.15, -0.1) is 11.8 Å². The number of hydrogen-bond donors (Lipinski definition) is 2. The number of rotatable bonds is 14. The molecule has 0 aliphatic carbocycles. The molecule has 5 heterocycles. The number of piperidine rings is 1. The van der Waals surface area contributed by atoms with Gasteiger partial charge in [0.15, 0.2) is 5.65 Å². The minimum atomic E-state index is -3.09. The Hall–Kier alpha value is -4.16. The van der Waals surface area contributed by atoms with Crippen molar-refractivity contribution in [2.24, 2.45) is 5.92 Å². The molecule has 0 bridgehead atoms. The van der Waals surface area contributed by atoms with E-state index in [2.05, 4.69) is 30.3 Å². The first-order valence-corrected chi connectivity index (χ1v) is 18.8. The lowest BCUT2D eigenvalue weighted by Crippen LogP contribution is -2.51. The maximum atomic E-state index is 13.6. The number of ether oxygens (including phenoxy) is 1. The molecule has 53 heavy (non-hydrogen) atoms. The number of nitrogens with one attached hydrogen (secondary N) is 1. The quantitative estimate of drug-likeness (QED) is 0.144. The summed E-state index contributed by atoms with van der Waals surface area (Å²) in [6.45, 7) is 7.10. The molecule has 2 aliphatic rings. The van der Waals surface area contributed by atoms with Crippen molar-refractivity contribution in [1.82, 2.24) is 44.0 Å². The van der Waals surface area contributed by atoms with Crippen molar-refractivity contribution >= 4 is 34.9 Å². The van der Waals surface area contributed by atoms with Gasteiger partial charge in [0.1, 0.15) is 29.8 Å². The minimum absolute atomic E-state index is 0.106. The molecule has 2 N–H and O–H groups in total. The second-order valence-electron chi connectivity index (χ2n) is 14.1. The number of piperazine rings is 1. The molecular formula is C36H48F2N10O4S. The van der Waals surface area contributed by atoms with Crippen LogP contribution in [0.2, 0.25) is 0 Å². The van der Waals surface area contributed by atoms with Crippen LogP contribution >= 0.6 is 11.8 Å². The van der Waals surface area contributed by atoms with Crippen LogP contribution in [-0.2, 0) is 11.3 Å². The van der Waals surface area contributed by atoms with E-state index < -0.39 is 18.7 Å². The van der Waals surface area contributed by atoms with Crippen molar-refractivity contribution in [3.63, 3.8) is 0 Å². The van der Waals surface area contributed by atoms with Gasteiger partial charge in [-0.1, -0.05) is 13.8 Å². The van der Waals surface area contributed by atoms with E-state index in [1.54, 1.807) is 48.6 Å². The summed E-state index contributed by atoms with van der Waals surface area (Å²) in [6.07, 6.45) is 7.86. The standard InChI is InChI=1S/C36H48F2N10O4S/c1-24(2)53-26-6-7-30(52-36(37)38)27(18-26)33-29(41-35(51)28-19-40-48-11-5-10-39-34(28)48)21-47(42-33)23-32(50)46-16-14-45(15-17-46)20-25-8-12-44(13-9-25)22-31(49)43(3)4/h5-7,10-11,18-19,21,24-25,31,36,49H,8-9,12-17,20,22-23H2,1-4H3,(H,41,51). The van der Waals surface area contributed by atoms with Gasteiger partial charge in [-0.2, -0.15) is 19.0 Å². The van der Waals surface area contributed by atoms with Crippen molar-refractivity contribution in [3.8, 4) is 17.0 Å². The van der Waals surface area contributed by atoms with Gasteiger partial charge in [0.05, 0.1) is 11.9 Å². The number of β-amino-alcohol motifs (C(OH)–C–C–N with tert-alkyl or cyclic N) is 1. The predicted octanol–water partition coefficient (Wildman–Crippen LogP) is 3.68. The number of nitrogens with zero attached hydrogens (tertiary/aromatic N) is 9. The van der Waals surface area contributed by atoms with E-state index in [1.165, 1.54) is 21.5 Å². The van der Waals surface area contributed by atoms with Crippen LogP contribution in [0.4, 0.5) is 14.5 Å². The van der Waals surface area contributed by atoms with Crippen LogP contribution in [0.15, 0.2) is 53.9 Å². The largest absolute Gasteiger partial charge is 0.434 e. The third kappa shape index (κ3) is 9.89. The summed E-state index contributed by atoms with van der Waals surface area (Å²) in [4.78, 5) is 40.7. The van der Waals surface area contributed by atoms with E-state index in [-0.39, 0.29) is 46.0 Å². The lowest BCUT2D eigenvalue weighted by molar-refractivity contribution is -0.133. The van der Waals surface area contributed by atoms with Gasteiger partial charge in [0.2, 0.25) is 5.91 Å². The van der Waals surface area contributed by atoms with Gasteiger partial charge >= 0.3 is 6.61 Å². The topological polar surface area (TPSA) is 137 Å². The van der Waals surface area contributed by atoms with Crippen LogP contribution in [-0.4, -0.2) is 145 Å². The summed E-state index contributed by atoms with van der Waals surface area (Å²) >= 11 is 1.54. The average molecular weight is 755 g/mol. The average Bonchev–Trinajstić information content (AvgIpc) is 3.73. The molecule has 286 valence electrons. The van der Waals surface area contributed by atoms with Crippen LogP contribution in [0.1, 0.15) is 37.0 Å². The molecule has 14 nitrogen and oxygen atoms in total. The summed E-state index contributed by atoms with van der Waals surface area (Å²) < 4.78 is 35.0. The number of anilines is 1. The lowest BCUT2D eigenvalue weighted by atomic mass is 9.96. The SMILES string of the molecule is CC(C)Sc1ccc(OC(F)F)c(-c2nn(CC(=O)N3CCN(CC4CCN(CC(O)N(C)C)CC4)CC3)cc2NC(=O)c2cnn3cccnc23)c1. The number of hydrogen-bond acceptors (Lipinski definition) is 11. The number of carbonyl (C=O) groups is 2. The molecule has 3 aromatic heterocycles. The second-order valence-corrected chi connectivity index (χ2v) is 15.7. The first kappa shape index (κ1) is 38.6. The number of likely N-dealkylation sites (tertiary alicyclic amines) is 1. The highest BCUT2D eigenvalue weighted by atomic mass is 32.2. The highest BCUT2D eigenvalue weighted by Gasteiger charge is 2.28. The molecule has 2 aliphatic heterocycles. The fraction of sp³-hybridized carbons (Fsp3) is 0.528. The second kappa shape index (κ2) is 17.3. The summed E-state index contributed by atoms with van der Waals surface area (Å²) in [6, 6.07) is 6.57. The van der Waals surface area contributed by atoms with Crippen molar-refractivity contribution in [2.75, 3.05) is 71.8 Å². The number of alkyl halides is 2. The molecule has 6 rings (SSSR count). The Morgan fingerprint density at radius 1 is 1.09 bits per heavy atom. The van der Waals surface area contributed by atoms with Crippen LogP contribution < -0.4 is 10.1 Å². The zero-order valence-corrected chi connectivity index (χ0v) is 31.4. The lowest BCUT2D eigenvalue weighted by Gasteiger charge is -2.39. The normalized spacial score (nSPS) is 17.0. The molecule has 1 unspecified atom stereocenters. The van der Waals surface area contributed by atoms with Gasteiger partial charge in [0.25, 0.3) is 5.91 Å². The Kier molecular flexibility index (Phi) is 12.6. The number of carbonyl (C=O) groups excluding carboxylic acids is 2. The smallest absolute Gasteiger partial charge is 0.387 e. The highest BCUT2D eigenvalue weighted by Crippen LogP contribution is 2.39. The van der Waals surface area contributed by atoms with Crippen LogP contribution in [0.25, 0.3) is 16.9 Å². The van der Waals surface area contributed by atoms with Gasteiger partial charge in [-0.05, 0) is 70.2 Å². The number of aliphatic hydroxyl groups excluding tert-OH is 1. The van der Waals surface area contributed by atoms with Crippen molar-refractivity contribution in [3.05, 3.63) is 54.6 Å². The molecular weight excluding hydrogens is 707 g/mol. The number of aromatic nitrogens is 5. The third-order valence-corrected chi connectivity index (χ3v) is 10.6. The number of benzene rings is 1. The van der Waals surface area contributed by atoms with Crippen molar-refractivity contribution in [1.29, 1.82) is 0 Å². The number of halogens is 2. The first-order chi connectivity index (χ1) is 25.4. The molecule has 2 saturated heterocycles. The zero-order valence-electron chi connectivity index (χ0n) is 30.6. The van der Waals surface area contributed by atoms with E-state index >= 15 is 0 Å². The van der Waals surface area contributed by atoms with Crippen LogP contribution in [0.3, 0.4) is 0 Å². The van der Waals surface area contributed by atoms with Gasteiger partial charge < -0.3 is 20.1 Å². The maximum Gasteiger partial charge on any atom is 0.387 e. The van der Waals surface area contributed by atoms with E-state index in [0.29, 0.717) is 31.2 Å². The van der Waals surface area contributed by atoms with Gasteiger partial charge in [-0.3, -0.25) is 29.0 Å². The summed E-state index contributed by atoms with van der Waals surface area (Å²) in [7, 11) is 3.76. The number of likely N-dealkylation sites (N-methyl/N-ethyl adjacent to an activating group) is 1. The molecule has 17 heteroatoms. The molecule has 1 aromatic carbocycles. The van der Waals surface area contributed by atoms with E-state index in [0.717, 1.165) is 50.5 Å². The first-order valence-electron chi connectivity index (χ1n) is 17.9. The van der Waals surface area contributed by atoms with Crippen molar-refractivity contribution < 1.29 is 28.2 Å². The highest BCUT2D eigenvalue weighted by molar-refractivity contribution is 7.99. The summed E-state index contributed by atoms with van der Waals surface area (Å²) in [5.74, 6) is -0.188. The fourth-order valence-electron chi connectivity index (χ4n) is 6.74. The molecule has 0 radical (unpaired) electrons. The molecule has 0 saturated carbocycles. The summed E-state index contributed by atoms with van der Waals surface area (Å²) in [5, 5.41) is 22.2. The Balaban J connectivity index is 1.15. The van der Waals surface area contributed by atoms with Crippen LogP contribution in [0, 0.1) is 5.92 Å². The summed E-state index contributed by atoms with van der Waals surface area (Å²) in [5.41, 5.74) is 1.21. The Morgan fingerprint density at radius 2 is 1.85 bits per heavy atom. The number of fused-ring (bicyclic) bond motifs is 1. The van der Waals surface area contributed by atoms with Crippen molar-refractivity contribution in [2.45, 2.75) is 56.2 Å². The molecule has 2 fully saturated rings. The Labute approximate surface area is 312 Å². The monoisotopic (exact) mass is 754 g/mol. The Morgan fingerprint density at radius 3 is 2.55 bits per heavy atom. The third-order valence-electron chi connectivity index (χ3n) is 9.59. The van der Waals surface area contributed by atoms with E-state index in [1.807, 2.05) is 37.7 Å². The number of amides is 2. The molecule has 0 spiro atoms. The van der Waals surface area contributed by atoms with Gasteiger partial charge in [0, 0.05) is 73.6 Å². The number of aliphatic hydroxyl groups is 1. The van der Waals surface area contributed by atoms with E-state index in [4.69, 9.17) is 4.74 Å². The molecule has 4 aromatic rings. The van der Waals surface area contributed by atoms with Gasteiger partial charge in [-0.25, -0.2) is 9.50 Å². The van der Waals surface area contributed by atoms with E-state index in [9.17, 15) is 23.5 Å². The molecule has 2 amide bonds. The fourth-order valence-corrected chi connectivity index (χ4v) is 7.61. The maximum absolute atomic E-state index is 13.6. The number of thioether (sulfide) groups is 1. The van der Waals surface area contributed by atoms with Crippen LogP contribution in [0.5, 0.6) is 5.75 Å². The predicted molar refractivity (Wildman–Crippen MR) is 198 cm³/mol. The Bertz CT molecular complexity index is 1850. The zero-order chi connectivity index (χ0) is 37.6. The molecule has 1 atom stereocenters.